The number of hydrogen-bond donors (Lipinski definition) is 2. The number of morpholine rings is 1. The molecule has 2 N–H and O–H groups in total. The Morgan fingerprint density at radius 2 is 1.71 bits per heavy atom. The van der Waals surface area contributed by atoms with Crippen molar-refractivity contribution in [2.45, 2.75) is 84.7 Å². The first kappa shape index (κ1) is 25.6. The number of ether oxygens (including phenoxy) is 1. The zero-order chi connectivity index (χ0) is 23.4. The normalized spacial score (nSPS) is 20.0. The minimum atomic E-state index is -3.34. The molecule has 1 fully saturated rings. The second kappa shape index (κ2) is 10.3. The highest BCUT2D eigenvalue weighted by molar-refractivity contribution is 7.90. The van der Waals surface area contributed by atoms with Gasteiger partial charge in [0.15, 0.2) is 0 Å². The molecule has 7 nitrogen and oxygen atoms in total. The molecule has 1 aliphatic heterocycles. The maximum absolute atomic E-state index is 12.4. The molecule has 2 atom stereocenters. The van der Waals surface area contributed by atoms with Crippen molar-refractivity contribution in [2.75, 3.05) is 29.9 Å². The van der Waals surface area contributed by atoms with E-state index in [4.69, 9.17) is 4.74 Å². The molecule has 31 heavy (non-hydrogen) atoms. The number of benzene rings is 1. The lowest BCUT2D eigenvalue weighted by atomic mass is 10.1. The molecular weight excluding hydrogens is 414 g/mol. The third kappa shape index (κ3) is 7.19. The second-order valence-electron chi connectivity index (χ2n) is 9.63. The molecule has 0 aliphatic carbocycles. The fourth-order valence-electron chi connectivity index (χ4n) is 3.70. The van der Waals surface area contributed by atoms with Crippen LogP contribution in [0.2, 0.25) is 0 Å². The molecule has 0 saturated carbocycles. The Morgan fingerprint density at radius 1 is 1.10 bits per heavy atom. The highest BCUT2D eigenvalue weighted by atomic mass is 32.2. The summed E-state index contributed by atoms with van der Waals surface area (Å²) in [5.74, 6) is -0.0532. The van der Waals surface area contributed by atoms with E-state index >= 15 is 0 Å². The van der Waals surface area contributed by atoms with Crippen LogP contribution in [0.25, 0.3) is 0 Å². The van der Waals surface area contributed by atoms with Crippen LogP contribution in [0.5, 0.6) is 0 Å². The SMILES string of the molecule is Cc1cc(N2C[C@@H](C)O[C@@H](C)C2)c(C)cc1NC(=O)CCCCNS(=O)(=O)C(C)(C)C. The van der Waals surface area contributed by atoms with Gasteiger partial charge >= 0.3 is 0 Å². The van der Waals surface area contributed by atoms with Gasteiger partial charge in [-0.05, 0) is 84.6 Å². The lowest BCUT2D eigenvalue weighted by molar-refractivity contribution is -0.116. The van der Waals surface area contributed by atoms with Crippen LogP contribution in [-0.4, -0.2) is 50.9 Å². The molecule has 0 bridgehead atoms. The molecule has 1 aromatic rings. The average molecular weight is 454 g/mol. The van der Waals surface area contributed by atoms with Gasteiger partial charge in [0.1, 0.15) is 0 Å². The fourth-order valence-corrected chi connectivity index (χ4v) is 4.54. The molecule has 1 heterocycles. The maximum atomic E-state index is 12.4. The summed E-state index contributed by atoms with van der Waals surface area (Å²) < 4.78 is 31.7. The van der Waals surface area contributed by atoms with E-state index in [9.17, 15) is 13.2 Å². The Bertz CT molecular complexity index is 868. The van der Waals surface area contributed by atoms with Crippen molar-refractivity contribution in [3.63, 3.8) is 0 Å². The van der Waals surface area contributed by atoms with Gasteiger partial charge in [0, 0.05) is 37.4 Å². The van der Waals surface area contributed by atoms with Crippen LogP contribution in [0.15, 0.2) is 12.1 Å². The molecule has 2 rings (SSSR count). The second-order valence-corrected chi connectivity index (χ2v) is 12.2. The Balaban J connectivity index is 1.87. The summed E-state index contributed by atoms with van der Waals surface area (Å²) in [5, 5.41) is 3.01. The van der Waals surface area contributed by atoms with Crippen molar-refractivity contribution >= 4 is 27.3 Å². The molecule has 8 heteroatoms. The van der Waals surface area contributed by atoms with Crippen LogP contribution >= 0.6 is 0 Å². The largest absolute Gasteiger partial charge is 0.372 e. The summed E-state index contributed by atoms with van der Waals surface area (Å²) in [6, 6.07) is 4.17. The molecule has 0 radical (unpaired) electrons. The van der Waals surface area contributed by atoms with Gasteiger partial charge in [-0.25, -0.2) is 13.1 Å². The lowest BCUT2D eigenvalue weighted by Gasteiger charge is -2.38. The van der Waals surface area contributed by atoms with Gasteiger partial charge in [0.05, 0.1) is 17.0 Å². The van der Waals surface area contributed by atoms with Crippen LogP contribution < -0.4 is 14.9 Å². The number of hydrogen-bond acceptors (Lipinski definition) is 5. The standard InChI is InChI=1S/C23H39N3O4S/c1-16-13-21(26-14-18(3)30-19(4)15-26)17(2)12-20(16)25-22(27)10-8-9-11-24-31(28,29)23(5,6)7/h12-13,18-19,24H,8-11,14-15H2,1-7H3,(H,25,27)/t18-,19+. The number of anilines is 2. The number of sulfonamides is 1. The summed E-state index contributed by atoms with van der Waals surface area (Å²) in [7, 11) is -3.34. The Kier molecular flexibility index (Phi) is 8.53. The predicted octanol–water partition coefficient (Wildman–Crippen LogP) is 3.74. The summed E-state index contributed by atoms with van der Waals surface area (Å²) in [4.78, 5) is 14.7. The minimum Gasteiger partial charge on any atom is -0.372 e. The number of aryl methyl sites for hydroxylation is 2. The predicted molar refractivity (Wildman–Crippen MR) is 127 cm³/mol. The van der Waals surface area contributed by atoms with Gasteiger partial charge in [-0.2, -0.15) is 0 Å². The van der Waals surface area contributed by atoms with E-state index in [1.807, 2.05) is 13.0 Å². The van der Waals surface area contributed by atoms with E-state index in [1.165, 1.54) is 5.69 Å². The molecule has 0 spiro atoms. The van der Waals surface area contributed by atoms with Gasteiger partial charge in [0.25, 0.3) is 0 Å². The first-order valence-corrected chi connectivity index (χ1v) is 12.6. The van der Waals surface area contributed by atoms with E-state index < -0.39 is 14.8 Å². The number of unbranched alkanes of at least 4 members (excludes halogenated alkanes) is 1. The van der Waals surface area contributed by atoms with Crippen molar-refractivity contribution < 1.29 is 17.9 Å². The molecule has 1 saturated heterocycles. The van der Waals surface area contributed by atoms with Gasteiger partial charge < -0.3 is 15.0 Å². The van der Waals surface area contributed by atoms with Crippen molar-refractivity contribution in [3.8, 4) is 0 Å². The maximum Gasteiger partial charge on any atom is 0.224 e. The molecule has 1 aromatic carbocycles. The first-order chi connectivity index (χ1) is 14.3. The van der Waals surface area contributed by atoms with Gasteiger partial charge in [-0.15, -0.1) is 0 Å². The number of nitrogens with zero attached hydrogens (tertiary/aromatic N) is 1. The smallest absolute Gasteiger partial charge is 0.224 e. The third-order valence-corrected chi connectivity index (χ3v) is 7.70. The molecular formula is C23H39N3O4S. The monoisotopic (exact) mass is 453 g/mol. The lowest BCUT2D eigenvalue weighted by Crippen LogP contribution is -2.45. The summed E-state index contributed by atoms with van der Waals surface area (Å²) in [6.45, 7) is 15.3. The van der Waals surface area contributed by atoms with Gasteiger partial charge in [0.2, 0.25) is 15.9 Å². The van der Waals surface area contributed by atoms with Crippen molar-refractivity contribution in [2.24, 2.45) is 0 Å². The van der Waals surface area contributed by atoms with Crippen molar-refractivity contribution in [1.29, 1.82) is 0 Å². The number of amides is 1. The first-order valence-electron chi connectivity index (χ1n) is 11.1. The van der Waals surface area contributed by atoms with Crippen LogP contribution in [0, 0.1) is 13.8 Å². The fraction of sp³-hybridized carbons (Fsp3) is 0.696. The zero-order valence-electron chi connectivity index (χ0n) is 20.0. The van der Waals surface area contributed by atoms with Gasteiger partial charge in [-0.1, -0.05) is 0 Å². The van der Waals surface area contributed by atoms with E-state index in [0.717, 1.165) is 29.9 Å². The molecule has 0 unspecified atom stereocenters. The third-order valence-electron chi connectivity index (χ3n) is 5.51. The minimum absolute atomic E-state index is 0.0532. The van der Waals surface area contributed by atoms with Gasteiger partial charge in [-0.3, -0.25) is 4.79 Å². The Labute approximate surface area is 188 Å². The zero-order valence-corrected chi connectivity index (χ0v) is 20.9. The highest BCUT2D eigenvalue weighted by Gasteiger charge is 2.28. The number of rotatable bonds is 8. The van der Waals surface area contributed by atoms with Crippen LogP contribution in [0.3, 0.4) is 0 Å². The summed E-state index contributed by atoms with van der Waals surface area (Å²) >= 11 is 0. The van der Waals surface area contributed by atoms with E-state index in [1.54, 1.807) is 20.8 Å². The molecule has 176 valence electrons. The Morgan fingerprint density at radius 3 is 2.29 bits per heavy atom. The number of carbonyl (C=O) groups excluding carboxylic acids is 1. The van der Waals surface area contributed by atoms with Crippen LogP contribution in [0.4, 0.5) is 11.4 Å². The van der Waals surface area contributed by atoms with E-state index in [2.05, 4.69) is 41.8 Å². The average Bonchev–Trinajstić information content (AvgIpc) is 2.62. The van der Waals surface area contributed by atoms with Crippen LogP contribution in [-0.2, 0) is 19.6 Å². The summed E-state index contributed by atoms with van der Waals surface area (Å²) in [6.07, 6.45) is 1.98. The highest BCUT2D eigenvalue weighted by Crippen LogP contribution is 2.29. The topological polar surface area (TPSA) is 87.7 Å². The Hall–Kier alpha value is -1.64. The number of carbonyl (C=O) groups is 1. The quantitative estimate of drug-likeness (QED) is 0.586. The van der Waals surface area contributed by atoms with Crippen molar-refractivity contribution in [3.05, 3.63) is 23.3 Å². The summed E-state index contributed by atoms with van der Waals surface area (Å²) in [5.41, 5.74) is 4.16. The number of nitrogens with one attached hydrogen (secondary N) is 2. The van der Waals surface area contributed by atoms with Crippen molar-refractivity contribution in [1.82, 2.24) is 4.72 Å². The van der Waals surface area contributed by atoms with E-state index in [0.29, 0.717) is 25.8 Å². The van der Waals surface area contributed by atoms with Crippen LogP contribution in [0.1, 0.15) is 65.0 Å². The van der Waals surface area contributed by atoms with E-state index in [-0.39, 0.29) is 18.1 Å². The molecule has 0 aromatic heterocycles. The molecule has 1 aliphatic rings. The molecule has 1 amide bonds.